The third kappa shape index (κ3) is 3.04. The number of aliphatic hydroxyl groups excluding tert-OH is 1. The number of carbonyl (C=O) groups is 1. The number of hydrogen-bond donors (Lipinski definition) is 1. The van der Waals surface area contributed by atoms with Crippen LogP contribution < -0.4 is 4.74 Å². The van der Waals surface area contributed by atoms with E-state index in [0.717, 1.165) is 12.8 Å². The lowest BCUT2D eigenvalue weighted by atomic mass is 10.2. The summed E-state index contributed by atoms with van der Waals surface area (Å²) in [6.45, 7) is 2.18. The summed E-state index contributed by atoms with van der Waals surface area (Å²) in [5.74, 6) is -0.620. The molecule has 1 fully saturated rings. The molecule has 1 heterocycles. The molecule has 1 aromatic rings. The Bertz CT molecular complexity index is 452. The fraction of sp³-hybridized carbons (Fsp3) is 0.500. The summed E-state index contributed by atoms with van der Waals surface area (Å²) < 4.78 is 18.8. The molecule has 2 rings (SSSR count). The average molecular weight is 267 g/mol. The van der Waals surface area contributed by atoms with Crippen LogP contribution in [0.3, 0.4) is 0 Å². The summed E-state index contributed by atoms with van der Waals surface area (Å²) in [4.78, 5) is 13.8. The first-order valence-corrected chi connectivity index (χ1v) is 6.46. The van der Waals surface area contributed by atoms with Gasteiger partial charge in [0.2, 0.25) is 0 Å². The lowest BCUT2D eigenvalue weighted by Gasteiger charge is -2.26. The average Bonchev–Trinajstić information content (AvgIpc) is 2.88. The Morgan fingerprint density at radius 2 is 2.32 bits per heavy atom. The van der Waals surface area contributed by atoms with Gasteiger partial charge in [-0.05, 0) is 31.9 Å². The van der Waals surface area contributed by atoms with Gasteiger partial charge in [0, 0.05) is 6.54 Å². The molecule has 0 aromatic heterocycles. The minimum absolute atomic E-state index is 0.0435. The fourth-order valence-corrected chi connectivity index (χ4v) is 2.33. The Morgan fingerprint density at radius 3 is 3.00 bits per heavy atom. The Balaban J connectivity index is 2.02. The van der Waals surface area contributed by atoms with E-state index in [1.165, 1.54) is 12.1 Å². The van der Waals surface area contributed by atoms with Crippen LogP contribution in [-0.2, 0) is 4.79 Å². The molecule has 1 aliphatic heterocycles. The van der Waals surface area contributed by atoms with E-state index in [1.54, 1.807) is 24.0 Å². The Labute approximate surface area is 111 Å². The number of carbonyl (C=O) groups excluding carboxylic acids is 1. The van der Waals surface area contributed by atoms with E-state index in [4.69, 9.17) is 4.74 Å². The molecule has 4 nitrogen and oxygen atoms in total. The third-order valence-electron chi connectivity index (χ3n) is 3.36. The molecule has 0 radical (unpaired) electrons. The van der Waals surface area contributed by atoms with E-state index in [1.807, 2.05) is 0 Å². The van der Waals surface area contributed by atoms with Crippen molar-refractivity contribution in [3.8, 4) is 5.75 Å². The molecule has 1 aliphatic rings. The summed E-state index contributed by atoms with van der Waals surface area (Å²) in [7, 11) is 0. The highest BCUT2D eigenvalue weighted by Gasteiger charge is 2.31. The van der Waals surface area contributed by atoms with E-state index in [2.05, 4.69) is 0 Å². The van der Waals surface area contributed by atoms with Crippen molar-refractivity contribution in [2.24, 2.45) is 0 Å². The smallest absolute Gasteiger partial charge is 0.263 e. The number of nitrogens with zero attached hydrogens (tertiary/aromatic N) is 1. The second kappa shape index (κ2) is 6.02. The van der Waals surface area contributed by atoms with Crippen LogP contribution in [0.15, 0.2) is 24.3 Å². The zero-order valence-electron chi connectivity index (χ0n) is 10.9. The molecule has 1 unspecified atom stereocenters. The molecule has 0 aliphatic carbocycles. The molecule has 0 spiro atoms. The maximum absolute atomic E-state index is 13.4. The molecular weight excluding hydrogens is 249 g/mol. The summed E-state index contributed by atoms with van der Waals surface area (Å²) in [6.07, 6.45) is 0.918. The standard InChI is InChI=1S/C14H18FNO3/c1-10(19-13-7-3-2-6-12(13)15)14(18)16-8-4-5-11(16)9-17/h2-3,6-7,10-11,17H,4-5,8-9H2,1H3/t10?,11-/m0/s1. The minimum atomic E-state index is -0.760. The molecule has 19 heavy (non-hydrogen) atoms. The van der Waals surface area contributed by atoms with Crippen LogP contribution in [0.2, 0.25) is 0 Å². The lowest BCUT2D eigenvalue weighted by Crippen LogP contribution is -2.44. The van der Waals surface area contributed by atoms with Crippen molar-refractivity contribution in [2.45, 2.75) is 31.9 Å². The van der Waals surface area contributed by atoms with Crippen LogP contribution in [-0.4, -0.2) is 41.2 Å². The normalized spacial score (nSPS) is 20.4. The predicted octanol–water partition coefficient (Wildman–Crippen LogP) is 1.58. The van der Waals surface area contributed by atoms with Gasteiger partial charge in [-0.15, -0.1) is 0 Å². The number of hydrogen-bond acceptors (Lipinski definition) is 3. The zero-order valence-corrected chi connectivity index (χ0v) is 10.9. The lowest BCUT2D eigenvalue weighted by molar-refractivity contribution is -0.139. The summed E-state index contributed by atoms with van der Waals surface area (Å²) in [6, 6.07) is 5.86. The van der Waals surface area contributed by atoms with Gasteiger partial charge in [-0.3, -0.25) is 4.79 Å². The van der Waals surface area contributed by atoms with Gasteiger partial charge in [0.05, 0.1) is 12.6 Å². The Hall–Kier alpha value is -1.62. The first kappa shape index (κ1) is 13.8. The van der Waals surface area contributed by atoms with Crippen LogP contribution in [0.4, 0.5) is 4.39 Å². The van der Waals surface area contributed by atoms with Crippen molar-refractivity contribution in [2.75, 3.05) is 13.2 Å². The largest absolute Gasteiger partial charge is 0.478 e. The Morgan fingerprint density at radius 1 is 1.58 bits per heavy atom. The summed E-state index contributed by atoms with van der Waals surface area (Å²) >= 11 is 0. The molecule has 1 saturated heterocycles. The number of likely N-dealkylation sites (tertiary alicyclic amines) is 1. The maximum atomic E-state index is 13.4. The Kier molecular flexibility index (Phi) is 4.37. The molecular formula is C14H18FNO3. The number of rotatable bonds is 4. The van der Waals surface area contributed by atoms with Crippen LogP contribution >= 0.6 is 0 Å². The van der Waals surface area contributed by atoms with Crippen molar-refractivity contribution in [1.29, 1.82) is 0 Å². The first-order chi connectivity index (χ1) is 9.13. The van der Waals surface area contributed by atoms with Gasteiger partial charge < -0.3 is 14.7 Å². The molecule has 1 N–H and O–H groups in total. The highest BCUT2D eigenvalue weighted by Crippen LogP contribution is 2.21. The quantitative estimate of drug-likeness (QED) is 0.901. The molecule has 0 saturated carbocycles. The van der Waals surface area contributed by atoms with Gasteiger partial charge in [-0.25, -0.2) is 4.39 Å². The van der Waals surface area contributed by atoms with Gasteiger partial charge in [0.25, 0.3) is 5.91 Å². The zero-order chi connectivity index (χ0) is 13.8. The second-order valence-electron chi connectivity index (χ2n) is 4.70. The van der Waals surface area contributed by atoms with Crippen molar-refractivity contribution < 1.29 is 19.0 Å². The molecule has 5 heteroatoms. The van der Waals surface area contributed by atoms with Crippen molar-refractivity contribution in [3.05, 3.63) is 30.1 Å². The monoisotopic (exact) mass is 267 g/mol. The molecule has 1 amide bonds. The summed E-state index contributed by atoms with van der Waals surface area (Å²) in [5, 5.41) is 9.21. The van der Waals surface area contributed by atoms with Gasteiger partial charge in [-0.2, -0.15) is 0 Å². The first-order valence-electron chi connectivity index (χ1n) is 6.46. The topological polar surface area (TPSA) is 49.8 Å². The molecule has 2 atom stereocenters. The number of para-hydroxylation sites is 1. The van der Waals surface area contributed by atoms with Gasteiger partial charge in [0.15, 0.2) is 17.7 Å². The van der Waals surface area contributed by atoms with Crippen LogP contribution in [0.25, 0.3) is 0 Å². The number of aliphatic hydroxyl groups is 1. The number of halogens is 1. The molecule has 1 aromatic carbocycles. The van der Waals surface area contributed by atoms with Crippen molar-refractivity contribution in [3.63, 3.8) is 0 Å². The fourth-order valence-electron chi connectivity index (χ4n) is 2.33. The maximum Gasteiger partial charge on any atom is 0.263 e. The highest BCUT2D eigenvalue weighted by molar-refractivity contribution is 5.81. The molecule has 104 valence electrons. The SMILES string of the molecule is CC(Oc1ccccc1F)C(=O)N1CCC[C@H]1CO. The number of ether oxygens (including phenoxy) is 1. The van der Waals surface area contributed by atoms with Crippen molar-refractivity contribution in [1.82, 2.24) is 4.90 Å². The van der Waals surface area contributed by atoms with Crippen LogP contribution in [0.1, 0.15) is 19.8 Å². The van der Waals surface area contributed by atoms with Crippen LogP contribution in [0, 0.1) is 5.82 Å². The third-order valence-corrected chi connectivity index (χ3v) is 3.36. The van der Waals surface area contributed by atoms with E-state index < -0.39 is 11.9 Å². The van der Waals surface area contributed by atoms with E-state index in [0.29, 0.717) is 6.54 Å². The number of benzene rings is 1. The van der Waals surface area contributed by atoms with E-state index in [-0.39, 0.29) is 24.3 Å². The van der Waals surface area contributed by atoms with Gasteiger partial charge in [0.1, 0.15) is 0 Å². The summed E-state index contributed by atoms with van der Waals surface area (Å²) in [5.41, 5.74) is 0. The van der Waals surface area contributed by atoms with Crippen molar-refractivity contribution >= 4 is 5.91 Å². The minimum Gasteiger partial charge on any atom is -0.478 e. The second-order valence-corrected chi connectivity index (χ2v) is 4.70. The predicted molar refractivity (Wildman–Crippen MR) is 68.3 cm³/mol. The number of amides is 1. The molecule has 0 bridgehead atoms. The van der Waals surface area contributed by atoms with Gasteiger partial charge in [-0.1, -0.05) is 12.1 Å². The highest BCUT2D eigenvalue weighted by atomic mass is 19.1. The van der Waals surface area contributed by atoms with E-state index >= 15 is 0 Å². The van der Waals surface area contributed by atoms with Gasteiger partial charge >= 0.3 is 0 Å². The van der Waals surface area contributed by atoms with E-state index in [9.17, 15) is 14.3 Å². The van der Waals surface area contributed by atoms with Crippen LogP contribution in [0.5, 0.6) is 5.75 Å².